The Balaban J connectivity index is 1.92. The molecule has 1 heterocycles. The van der Waals surface area contributed by atoms with E-state index in [2.05, 4.69) is 10.6 Å². The van der Waals surface area contributed by atoms with Gasteiger partial charge in [0.2, 0.25) is 18.6 Å². The van der Waals surface area contributed by atoms with Crippen molar-refractivity contribution in [3.63, 3.8) is 0 Å². The van der Waals surface area contributed by atoms with Crippen molar-refractivity contribution in [1.82, 2.24) is 10.6 Å². The highest BCUT2D eigenvalue weighted by atomic mass is 16.7. The smallest absolute Gasteiger partial charge is 0.242 e. The number of carbonyl (C=O) groups is 2. The van der Waals surface area contributed by atoms with Crippen molar-refractivity contribution in [3.05, 3.63) is 47.5 Å². The highest BCUT2D eigenvalue weighted by Crippen LogP contribution is 2.43. The Hall–Kier alpha value is -3.42. The first kappa shape index (κ1) is 20.3. The van der Waals surface area contributed by atoms with Gasteiger partial charge in [0.05, 0.1) is 7.11 Å². The first-order valence-corrected chi connectivity index (χ1v) is 9.20. The van der Waals surface area contributed by atoms with E-state index in [1.165, 1.54) is 13.1 Å². The van der Waals surface area contributed by atoms with Gasteiger partial charge in [0.15, 0.2) is 11.5 Å². The van der Waals surface area contributed by atoms with Crippen LogP contribution in [0.1, 0.15) is 30.4 Å². The molecule has 154 valence electrons. The molecule has 2 aromatic carbocycles. The van der Waals surface area contributed by atoms with E-state index in [1.807, 2.05) is 12.1 Å². The number of likely N-dealkylation sites (N-methyl/N-ethyl adjacent to an activating group) is 1. The molecule has 0 saturated carbocycles. The highest BCUT2D eigenvalue weighted by molar-refractivity contribution is 5.87. The second kappa shape index (κ2) is 8.72. The number of carbonyl (C=O) groups excluding carboxylic acids is 2. The van der Waals surface area contributed by atoms with Gasteiger partial charge in [-0.3, -0.25) is 9.59 Å². The van der Waals surface area contributed by atoms with Crippen LogP contribution in [0.25, 0.3) is 0 Å². The van der Waals surface area contributed by atoms with Crippen LogP contribution in [-0.2, 0) is 9.59 Å². The largest absolute Gasteiger partial charge is 0.508 e. The molecule has 2 unspecified atom stereocenters. The molecule has 0 aromatic heterocycles. The monoisotopic (exact) mass is 400 g/mol. The van der Waals surface area contributed by atoms with Gasteiger partial charge in [-0.1, -0.05) is 12.1 Å². The lowest BCUT2D eigenvalue weighted by atomic mass is 9.87. The van der Waals surface area contributed by atoms with Crippen LogP contribution >= 0.6 is 0 Å². The van der Waals surface area contributed by atoms with E-state index in [0.717, 1.165) is 5.56 Å². The number of phenols is 1. The molecule has 2 aromatic rings. The number of phenolic OH excluding ortho intramolecular Hbond substituents is 1. The van der Waals surface area contributed by atoms with Crippen molar-refractivity contribution in [2.45, 2.75) is 25.3 Å². The van der Waals surface area contributed by atoms with Crippen LogP contribution in [0.4, 0.5) is 0 Å². The zero-order valence-electron chi connectivity index (χ0n) is 16.5. The molecule has 1 aliphatic rings. The number of hydrogen-bond donors (Lipinski definition) is 3. The van der Waals surface area contributed by atoms with Crippen LogP contribution in [0.2, 0.25) is 0 Å². The van der Waals surface area contributed by atoms with Gasteiger partial charge in [-0.05, 0) is 30.7 Å². The van der Waals surface area contributed by atoms with Gasteiger partial charge in [0.1, 0.15) is 17.5 Å². The van der Waals surface area contributed by atoms with E-state index in [0.29, 0.717) is 22.8 Å². The molecule has 0 spiro atoms. The number of nitrogens with one attached hydrogen (secondary N) is 2. The van der Waals surface area contributed by atoms with Crippen molar-refractivity contribution >= 4 is 11.8 Å². The summed E-state index contributed by atoms with van der Waals surface area (Å²) in [6, 6.07) is 9.75. The second-order valence-corrected chi connectivity index (χ2v) is 6.70. The van der Waals surface area contributed by atoms with Gasteiger partial charge in [-0.15, -0.1) is 0 Å². The van der Waals surface area contributed by atoms with Crippen molar-refractivity contribution < 1.29 is 28.9 Å². The van der Waals surface area contributed by atoms with Crippen LogP contribution in [0.15, 0.2) is 36.4 Å². The average Bonchev–Trinajstić information content (AvgIpc) is 3.18. The van der Waals surface area contributed by atoms with E-state index >= 15 is 0 Å². The van der Waals surface area contributed by atoms with Crippen LogP contribution in [0.5, 0.6) is 23.0 Å². The molecule has 0 saturated heterocycles. The number of methoxy groups -OCH3 is 1. The van der Waals surface area contributed by atoms with Crippen molar-refractivity contribution in [1.29, 1.82) is 0 Å². The average molecular weight is 400 g/mol. The Morgan fingerprint density at radius 1 is 1.17 bits per heavy atom. The third kappa shape index (κ3) is 4.53. The zero-order chi connectivity index (χ0) is 21.0. The number of hydrogen-bond acceptors (Lipinski definition) is 6. The van der Waals surface area contributed by atoms with Crippen molar-refractivity contribution in [2.75, 3.05) is 21.0 Å². The van der Waals surface area contributed by atoms with Gasteiger partial charge in [0.25, 0.3) is 0 Å². The summed E-state index contributed by atoms with van der Waals surface area (Å²) in [7, 11) is 3.08. The van der Waals surface area contributed by atoms with E-state index in [1.54, 1.807) is 32.2 Å². The molecule has 29 heavy (non-hydrogen) atoms. The minimum atomic E-state index is -0.672. The topological polar surface area (TPSA) is 106 Å². The maximum atomic E-state index is 12.6. The van der Waals surface area contributed by atoms with E-state index in [-0.39, 0.29) is 30.8 Å². The number of fused-ring (bicyclic) bond motifs is 1. The fourth-order valence-electron chi connectivity index (χ4n) is 3.24. The number of ether oxygens (including phenoxy) is 3. The first-order chi connectivity index (χ1) is 13.9. The Kier molecular flexibility index (Phi) is 6.11. The standard InChI is InChI=1S/C21H24N2O6/c1-12(21(26)22-2)23-20(25)9-15(13-4-6-14(27-3)7-5-13)16-8-18-19(10-17(16)24)29-11-28-18/h4-8,10,12,15,24H,9,11H2,1-3H3,(H,22,26)(H,23,25). The zero-order valence-corrected chi connectivity index (χ0v) is 16.5. The molecule has 2 atom stereocenters. The lowest BCUT2D eigenvalue weighted by Gasteiger charge is -2.21. The second-order valence-electron chi connectivity index (χ2n) is 6.70. The molecule has 0 radical (unpaired) electrons. The molecule has 2 amide bonds. The Morgan fingerprint density at radius 2 is 1.83 bits per heavy atom. The first-order valence-electron chi connectivity index (χ1n) is 9.20. The fourth-order valence-corrected chi connectivity index (χ4v) is 3.24. The van der Waals surface area contributed by atoms with E-state index in [4.69, 9.17) is 14.2 Å². The Labute approximate surface area is 168 Å². The molecule has 0 aliphatic carbocycles. The van der Waals surface area contributed by atoms with Gasteiger partial charge < -0.3 is 30.0 Å². The predicted molar refractivity (Wildman–Crippen MR) is 105 cm³/mol. The summed E-state index contributed by atoms with van der Waals surface area (Å²) in [5, 5.41) is 15.8. The van der Waals surface area contributed by atoms with E-state index in [9.17, 15) is 14.7 Å². The van der Waals surface area contributed by atoms with Gasteiger partial charge >= 0.3 is 0 Å². The number of rotatable bonds is 7. The molecule has 0 bridgehead atoms. The minimum Gasteiger partial charge on any atom is -0.508 e. The summed E-state index contributed by atoms with van der Waals surface area (Å²) < 4.78 is 15.9. The van der Waals surface area contributed by atoms with Crippen molar-refractivity contribution in [2.24, 2.45) is 0 Å². The lowest BCUT2D eigenvalue weighted by molar-refractivity contribution is -0.128. The van der Waals surface area contributed by atoms with Crippen LogP contribution in [0.3, 0.4) is 0 Å². The highest BCUT2D eigenvalue weighted by Gasteiger charge is 2.26. The number of amides is 2. The van der Waals surface area contributed by atoms with E-state index < -0.39 is 12.0 Å². The molecule has 8 heteroatoms. The summed E-state index contributed by atoms with van der Waals surface area (Å²) in [6.45, 7) is 1.69. The molecule has 3 N–H and O–H groups in total. The van der Waals surface area contributed by atoms with Crippen LogP contribution in [-0.4, -0.2) is 43.9 Å². The summed E-state index contributed by atoms with van der Waals surface area (Å²) >= 11 is 0. The molecule has 8 nitrogen and oxygen atoms in total. The molecule has 3 rings (SSSR count). The van der Waals surface area contributed by atoms with Gasteiger partial charge in [0, 0.05) is 31.0 Å². The van der Waals surface area contributed by atoms with Gasteiger partial charge in [-0.25, -0.2) is 0 Å². The normalized spacial score (nSPS) is 14.0. The third-order valence-corrected chi connectivity index (χ3v) is 4.82. The molecule has 0 fully saturated rings. The molecular formula is C21H24N2O6. The van der Waals surface area contributed by atoms with Crippen molar-refractivity contribution in [3.8, 4) is 23.0 Å². The minimum absolute atomic E-state index is 0.00205. The third-order valence-electron chi connectivity index (χ3n) is 4.82. The quantitative estimate of drug-likeness (QED) is 0.656. The maximum absolute atomic E-state index is 12.6. The summed E-state index contributed by atoms with van der Waals surface area (Å²) in [5.41, 5.74) is 1.34. The Morgan fingerprint density at radius 3 is 2.45 bits per heavy atom. The van der Waals surface area contributed by atoms with Gasteiger partial charge in [-0.2, -0.15) is 0 Å². The SMILES string of the molecule is CNC(=O)C(C)NC(=O)CC(c1ccc(OC)cc1)c1cc2c(cc1O)OCO2. The number of benzene rings is 2. The fraction of sp³-hybridized carbons (Fsp3) is 0.333. The molecule has 1 aliphatic heterocycles. The predicted octanol–water partition coefficient (Wildman–Crippen LogP) is 1.90. The summed E-state index contributed by atoms with van der Waals surface area (Å²) in [5.74, 6) is 0.576. The lowest BCUT2D eigenvalue weighted by Crippen LogP contribution is -2.43. The maximum Gasteiger partial charge on any atom is 0.242 e. The van der Waals surface area contributed by atoms with Crippen LogP contribution in [0, 0.1) is 0 Å². The molecular weight excluding hydrogens is 376 g/mol. The summed E-state index contributed by atoms with van der Waals surface area (Å²) in [6.07, 6.45) is 0.0286. The Bertz CT molecular complexity index is 897. The number of aromatic hydroxyl groups is 1. The summed E-state index contributed by atoms with van der Waals surface area (Å²) in [4.78, 5) is 24.4. The van der Waals surface area contributed by atoms with Crippen LogP contribution < -0.4 is 24.8 Å².